The Hall–Kier alpha value is -0.120. The zero-order chi connectivity index (χ0) is 11.2. The van der Waals surface area contributed by atoms with E-state index in [-0.39, 0.29) is 0 Å². The van der Waals surface area contributed by atoms with Gasteiger partial charge in [-0.2, -0.15) is 0 Å². The number of nitrogens with one attached hydrogen (secondary N) is 1. The fourth-order valence-electron chi connectivity index (χ4n) is 2.39. The van der Waals surface area contributed by atoms with Crippen LogP contribution in [0.3, 0.4) is 0 Å². The lowest BCUT2D eigenvalue weighted by Crippen LogP contribution is -2.37. The van der Waals surface area contributed by atoms with Gasteiger partial charge in [0, 0.05) is 25.3 Å². The molecule has 3 heteroatoms. The third kappa shape index (κ3) is 4.40. The van der Waals surface area contributed by atoms with E-state index in [1.165, 1.54) is 51.6 Å². The van der Waals surface area contributed by atoms with Gasteiger partial charge in [-0.25, -0.2) is 0 Å². The van der Waals surface area contributed by atoms with Gasteiger partial charge in [-0.05, 0) is 58.7 Å². The van der Waals surface area contributed by atoms with Crippen molar-refractivity contribution >= 4 is 0 Å². The molecule has 1 heterocycles. The zero-order valence-corrected chi connectivity index (χ0v) is 10.6. The van der Waals surface area contributed by atoms with Gasteiger partial charge >= 0.3 is 0 Å². The molecule has 1 saturated heterocycles. The third-order valence-corrected chi connectivity index (χ3v) is 3.76. The molecule has 2 rings (SSSR count). The predicted molar refractivity (Wildman–Crippen MR) is 66.7 cm³/mol. The molecule has 0 aromatic carbocycles. The van der Waals surface area contributed by atoms with Crippen molar-refractivity contribution in [3.8, 4) is 0 Å². The van der Waals surface area contributed by atoms with Gasteiger partial charge in [-0.3, -0.25) is 0 Å². The summed E-state index contributed by atoms with van der Waals surface area (Å²) in [5.74, 6) is 0. The van der Waals surface area contributed by atoms with Crippen molar-refractivity contribution in [3.63, 3.8) is 0 Å². The maximum absolute atomic E-state index is 5.39. The van der Waals surface area contributed by atoms with Crippen LogP contribution in [0.25, 0.3) is 0 Å². The minimum Gasteiger partial charge on any atom is -0.381 e. The summed E-state index contributed by atoms with van der Waals surface area (Å²) in [7, 11) is 2.27. The number of unbranched alkanes of at least 4 members (excludes halogenated alkanes) is 1. The predicted octanol–water partition coefficient (Wildman–Crippen LogP) is 1.63. The molecule has 1 N–H and O–H groups in total. The van der Waals surface area contributed by atoms with E-state index in [1.54, 1.807) is 0 Å². The molecule has 2 aliphatic rings. The van der Waals surface area contributed by atoms with Crippen LogP contribution in [-0.2, 0) is 4.74 Å². The Kier molecular flexibility index (Phi) is 5.07. The van der Waals surface area contributed by atoms with Crippen LogP contribution in [0.5, 0.6) is 0 Å². The Morgan fingerprint density at radius 2 is 1.88 bits per heavy atom. The topological polar surface area (TPSA) is 24.5 Å². The molecule has 1 saturated carbocycles. The lowest BCUT2D eigenvalue weighted by molar-refractivity contribution is 0.0426. The summed E-state index contributed by atoms with van der Waals surface area (Å²) in [6.07, 6.45) is 7.90. The summed E-state index contributed by atoms with van der Waals surface area (Å²) < 4.78 is 5.39. The van der Waals surface area contributed by atoms with E-state index in [1.807, 2.05) is 0 Å². The highest BCUT2D eigenvalue weighted by Gasteiger charge is 2.20. The largest absolute Gasteiger partial charge is 0.381 e. The second-order valence-corrected chi connectivity index (χ2v) is 5.26. The van der Waals surface area contributed by atoms with Gasteiger partial charge in [0.1, 0.15) is 0 Å². The van der Waals surface area contributed by atoms with Gasteiger partial charge in [-0.15, -0.1) is 0 Å². The molecule has 0 unspecified atom stereocenters. The molecule has 1 aliphatic carbocycles. The van der Waals surface area contributed by atoms with Crippen molar-refractivity contribution in [2.45, 2.75) is 50.6 Å². The molecule has 94 valence electrons. The lowest BCUT2D eigenvalue weighted by atomic mass is 10.1. The van der Waals surface area contributed by atoms with E-state index in [0.717, 1.165) is 25.3 Å². The maximum atomic E-state index is 5.39. The first kappa shape index (κ1) is 12.3. The van der Waals surface area contributed by atoms with Crippen LogP contribution in [0, 0.1) is 0 Å². The van der Waals surface area contributed by atoms with E-state index in [4.69, 9.17) is 4.74 Å². The molecule has 0 atom stereocenters. The van der Waals surface area contributed by atoms with Crippen molar-refractivity contribution in [2.24, 2.45) is 0 Å². The van der Waals surface area contributed by atoms with Crippen molar-refractivity contribution in [1.82, 2.24) is 10.2 Å². The van der Waals surface area contributed by atoms with Crippen LogP contribution >= 0.6 is 0 Å². The molecule has 0 spiro atoms. The molecule has 0 radical (unpaired) electrons. The Balaban J connectivity index is 1.47. The molecule has 0 bridgehead atoms. The van der Waals surface area contributed by atoms with Crippen molar-refractivity contribution in [3.05, 3.63) is 0 Å². The lowest BCUT2D eigenvalue weighted by Gasteiger charge is -2.31. The van der Waals surface area contributed by atoms with Crippen molar-refractivity contribution in [2.75, 3.05) is 33.4 Å². The second kappa shape index (κ2) is 6.58. The monoisotopic (exact) mass is 226 g/mol. The molecule has 0 aromatic rings. The smallest absolute Gasteiger partial charge is 0.0480 e. The van der Waals surface area contributed by atoms with Crippen LogP contribution in [0.15, 0.2) is 0 Å². The normalized spacial score (nSPS) is 22.9. The zero-order valence-electron chi connectivity index (χ0n) is 10.6. The van der Waals surface area contributed by atoms with Crippen LogP contribution in [0.2, 0.25) is 0 Å². The quantitative estimate of drug-likeness (QED) is 0.668. The van der Waals surface area contributed by atoms with Gasteiger partial charge < -0.3 is 15.0 Å². The average molecular weight is 226 g/mol. The molecule has 3 nitrogen and oxygen atoms in total. The summed E-state index contributed by atoms with van der Waals surface area (Å²) in [5.41, 5.74) is 0. The summed E-state index contributed by atoms with van der Waals surface area (Å²) in [5, 5.41) is 3.57. The summed E-state index contributed by atoms with van der Waals surface area (Å²) in [6.45, 7) is 4.37. The molecule has 16 heavy (non-hydrogen) atoms. The van der Waals surface area contributed by atoms with Crippen molar-refractivity contribution in [1.29, 1.82) is 0 Å². The van der Waals surface area contributed by atoms with Crippen molar-refractivity contribution < 1.29 is 4.74 Å². The Morgan fingerprint density at radius 3 is 2.56 bits per heavy atom. The van der Waals surface area contributed by atoms with Gasteiger partial charge in [0.15, 0.2) is 0 Å². The van der Waals surface area contributed by atoms with Crippen LogP contribution < -0.4 is 5.32 Å². The van der Waals surface area contributed by atoms with Gasteiger partial charge in [0.25, 0.3) is 0 Å². The fourth-order valence-corrected chi connectivity index (χ4v) is 2.39. The first-order valence-corrected chi connectivity index (χ1v) is 6.87. The Labute approximate surface area is 99.5 Å². The highest BCUT2D eigenvalue weighted by Crippen LogP contribution is 2.18. The summed E-state index contributed by atoms with van der Waals surface area (Å²) >= 11 is 0. The standard InChI is InChI=1S/C13H26N2O/c1-15(13-6-10-16-11-7-13)9-3-2-8-14-12-4-5-12/h12-14H,2-11H2,1H3. The minimum absolute atomic E-state index is 0.769. The van der Waals surface area contributed by atoms with Crippen LogP contribution in [0.1, 0.15) is 38.5 Å². The number of hydrogen-bond donors (Lipinski definition) is 1. The number of hydrogen-bond acceptors (Lipinski definition) is 3. The van der Waals surface area contributed by atoms with E-state index in [0.29, 0.717) is 0 Å². The molecular weight excluding hydrogens is 200 g/mol. The molecular formula is C13H26N2O. The first-order valence-electron chi connectivity index (χ1n) is 6.87. The van der Waals surface area contributed by atoms with Crippen LogP contribution in [-0.4, -0.2) is 50.3 Å². The Bertz CT molecular complexity index is 188. The highest BCUT2D eigenvalue weighted by atomic mass is 16.5. The van der Waals surface area contributed by atoms with Gasteiger partial charge in [0.05, 0.1) is 0 Å². The fraction of sp³-hybridized carbons (Fsp3) is 1.00. The summed E-state index contributed by atoms with van der Waals surface area (Å²) in [6, 6.07) is 1.64. The molecule has 0 amide bonds. The van der Waals surface area contributed by atoms with E-state index in [2.05, 4.69) is 17.3 Å². The molecule has 0 aromatic heterocycles. The second-order valence-electron chi connectivity index (χ2n) is 5.26. The summed E-state index contributed by atoms with van der Waals surface area (Å²) in [4.78, 5) is 2.53. The number of rotatable bonds is 7. The Morgan fingerprint density at radius 1 is 1.12 bits per heavy atom. The van der Waals surface area contributed by atoms with Crippen LogP contribution in [0.4, 0.5) is 0 Å². The maximum Gasteiger partial charge on any atom is 0.0480 e. The average Bonchev–Trinajstić information content (AvgIpc) is 3.13. The van der Waals surface area contributed by atoms with Gasteiger partial charge in [0.2, 0.25) is 0 Å². The molecule has 2 fully saturated rings. The molecule has 1 aliphatic heterocycles. The van der Waals surface area contributed by atoms with E-state index in [9.17, 15) is 0 Å². The number of nitrogens with zero attached hydrogens (tertiary/aromatic N) is 1. The van der Waals surface area contributed by atoms with E-state index < -0.39 is 0 Å². The van der Waals surface area contributed by atoms with Gasteiger partial charge in [-0.1, -0.05) is 0 Å². The van der Waals surface area contributed by atoms with E-state index >= 15 is 0 Å². The minimum atomic E-state index is 0.769. The first-order chi connectivity index (χ1) is 7.86. The number of ether oxygens (including phenoxy) is 1. The highest BCUT2D eigenvalue weighted by molar-refractivity contribution is 4.80. The third-order valence-electron chi connectivity index (χ3n) is 3.76. The SMILES string of the molecule is CN(CCCCNC1CC1)C1CCOCC1.